The fourth-order valence-electron chi connectivity index (χ4n) is 5.28. The molecular formula is C23H31N5O3. The molecule has 0 spiro atoms. The van der Waals surface area contributed by atoms with Crippen LogP contribution in [0.4, 0.5) is 10.5 Å². The molecule has 8 nitrogen and oxygen atoms in total. The summed E-state index contributed by atoms with van der Waals surface area (Å²) < 4.78 is 5.58. The Labute approximate surface area is 182 Å². The van der Waals surface area contributed by atoms with Gasteiger partial charge in [0.2, 0.25) is 0 Å². The first-order valence-electron chi connectivity index (χ1n) is 11.5. The van der Waals surface area contributed by atoms with Gasteiger partial charge in [-0.2, -0.15) is 0 Å². The Kier molecular flexibility index (Phi) is 5.48. The van der Waals surface area contributed by atoms with Gasteiger partial charge < -0.3 is 24.9 Å². The summed E-state index contributed by atoms with van der Waals surface area (Å²) in [5.41, 5.74) is 7.15. The molecule has 0 unspecified atom stereocenters. The molecule has 2 aromatic rings. The molecule has 0 radical (unpaired) electrons. The van der Waals surface area contributed by atoms with Gasteiger partial charge in [-0.1, -0.05) is 18.9 Å². The first-order valence-corrected chi connectivity index (χ1v) is 11.5. The molecular weight excluding hydrogens is 394 g/mol. The number of carbonyl (C=O) groups excluding carboxylic acids is 2. The zero-order chi connectivity index (χ0) is 21.4. The molecule has 3 fully saturated rings. The van der Waals surface area contributed by atoms with Gasteiger partial charge in [0.05, 0.1) is 0 Å². The van der Waals surface area contributed by atoms with Crippen LogP contribution in [0.2, 0.25) is 0 Å². The summed E-state index contributed by atoms with van der Waals surface area (Å²) in [7, 11) is 0. The highest BCUT2D eigenvalue weighted by Gasteiger charge is 2.34. The number of fused-ring (bicyclic) bond motifs is 1. The zero-order valence-corrected chi connectivity index (χ0v) is 18.0. The molecule has 31 heavy (non-hydrogen) atoms. The Balaban J connectivity index is 1.15. The largest absolute Gasteiger partial charge is 0.451 e. The minimum Gasteiger partial charge on any atom is -0.451 e. The molecule has 3 aliphatic rings. The lowest BCUT2D eigenvalue weighted by molar-refractivity contribution is 0.0976. The van der Waals surface area contributed by atoms with Crippen molar-refractivity contribution in [1.82, 2.24) is 14.7 Å². The molecule has 1 aromatic carbocycles. The minimum atomic E-state index is -0.546. The number of hydrogen-bond acceptors (Lipinski definition) is 5. The van der Waals surface area contributed by atoms with E-state index in [0.29, 0.717) is 11.6 Å². The van der Waals surface area contributed by atoms with E-state index >= 15 is 0 Å². The zero-order valence-electron chi connectivity index (χ0n) is 18.0. The van der Waals surface area contributed by atoms with Gasteiger partial charge in [-0.3, -0.25) is 9.69 Å². The molecule has 1 aromatic heterocycles. The number of anilines is 1. The lowest BCUT2D eigenvalue weighted by Crippen LogP contribution is -2.49. The molecule has 1 saturated carbocycles. The Morgan fingerprint density at radius 2 is 1.81 bits per heavy atom. The molecule has 166 valence electrons. The van der Waals surface area contributed by atoms with Crippen molar-refractivity contribution in [2.24, 2.45) is 5.73 Å². The number of furan rings is 1. The first kappa shape index (κ1) is 20.2. The van der Waals surface area contributed by atoms with Crippen molar-refractivity contribution >= 4 is 28.6 Å². The molecule has 1 aliphatic carbocycles. The van der Waals surface area contributed by atoms with Gasteiger partial charge in [0, 0.05) is 69.5 Å². The Morgan fingerprint density at radius 1 is 1.03 bits per heavy atom. The third-order valence-corrected chi connectivity index (χ3v) is 7.07. The van der Waals surface area contributed by atoms with Crippen LogP contribution in [0.15, 0.2) is 28.7 Å². The van der Waals surface area contributed by atoms with Crippen molar-refractivity contribution < 1.29 is 14.0 Å². The topological polar surface area (TPSA) is 86.3 Å². The van der Waals surface area contributed by atoms with Crippen LogP contribution >= 0.6 is 0 Å². The van der Waals surface area contributed by atoms with Crippen molar-refractivity contribution in [3.05, 3.63) is 30.0 Å². The maximum Gasteiger partial charge on any atom is 0.320 e. The third-order valence-electron chi connectivity index (χ3n) is 7.07. The summed E-state index contributed by atoms with van der Waals surface area (Å²) in [6.07, 6.45) is 4.86. The van der Waals surface area contributed by atoms with Gasteiger partial charge in [-0.25, -0.2) is 4.79 Å². The molecule has 3 heterocycles. The van der Waals surface area contributed by atoms with Gasteiger partial charge in [0.15, 0.2) is 5.76 Å². The van der Waals surface area contributed by atoms with E-state index in [-0.39, 0.29) is 11.8 Å². The van der Waals surface area contributed by atoms with E-state index < -0.39 is 5.91 Å². The smallest absolute Gasteiger partial charge is 0.320 e. The van der Waals surface area contributed by atoms with Gasteiger partial charge in [-0.05, 0) is 31.0 Å². The van der Waals surface area contributed by atoms with Crippen LogP contribution in [0, 0.1) is 0 Å². The summed E-state index contributed by atoms with van der Waals surface area (Å²) in [5, 5.41) is 0.930. The second kappa shape index (κ2) is 8.42. The molecule has 2 saturated heterocycles. The first-order chi connectivity index (χ1) is 15.1. The standard InChI is InChI=1S/C23H31N5O3/c24-22(29)21-16-18-19(6-3-7-20(18)31-21)26-11-8-25(9-12-26)10-13-27-14-15-28(23(27)30)17-4-1-2-5-17/h3,6-7,16-17H,1-2,4-5,8-15H2,(H2,24,29). The maximum atomic E-state index is 12.8. The molecule has 0 bridgehead atoms. The van der Waals surface area contributed by atoms with Crippen LogP contribution in [0.3, 0.4) is 0 Å². The van der Waals surface area contributed by atoms with Gasteiger partial charge in [0.1, 0.15) is 5.58 Å². The number of rotatable bonds is 6. The number of hydrogen-bond donors (Lipinski definition) is 1. The van der Waals surface area contributed by atoms with Crippen molar-refractivity contribution in [3.63, 3.8) is 0 Å². The van der Waals surface area contributed by atoms with Crippen molar-refractivity contribution in [2.45, 2.75) is 31.7 Å². The predicted octanol–water partition coefficient (Wildman–Crippen LogP) is 2.33. The quantitative estimate of drug-likeness (QED) is 0.768. The Morgan fingerprint density at radius 3 is 2.55 bits per heavy atom. The maximum absolute atomic E-state index is 12.8. The number of amides is 3. The highest BCUT2D eigenvalue weighted by atomic mass is 16.3. The SMILES string of the molecule is NC(=O)c1cc2c(N3CCN(CCN4CCN(C5CCCC5)C4=O)CC3)cccc2o1. The van der Waals surface area contributed by atoms with Crippen molar-refractivity contribution in [1.29, 1.82) is 0 Å². The van der Waals surface area contributed by atoms with Crippen LogP contribution in [0.25, 0.3) is 11.0 Å². The monoisotopic (exact) mass is 425 g/mol. The van der Waals surface area contributed by atoms with Crippen LogP contribution in [0.1, 0.15) is 36.2 Å². The van der Waals surface area contributed by atoms with E-state index in [0.717, 1.165) is 63.4 Å². The van der Waals surface area contributed by atoms with Gasteiger partial charge >= 0.3 is 6.03 Å². The molecule has 0 atom stereocenters. The predicted molar refractivity (Wildman–Crippen MR) is 119 cm³/mol. The van der Waals surface area contributed by atoms with E-state index in [1.807, 2.05) is 17.0 Å². The third kappa shape index (κ3) is 3.96. The van der Waals surface area contributed by atoms with E-state index in [1.54, 1.807) is 6.07 Å². The van der Waals surface area contributed by atoms with Crippen LogP contribution < -0.4 is 10.6 Å². The van der Waals surface area contributed by atoms with Crippen LogP contribution in [-0.2, 0) is 0 Å². The molecule has 2 aliphatic heterocycles. The lowest BCUT2D eigenvalue weighted by Gasteiger charge is -2.37. The minimum absolute atomic E-state index is 0.197. The van der Waals surface area contributed by atoms with Crippen LogP contribution in [-0.4, -0.2) is 85.0 Å². The fourth-order valence-corrected chi connectivity index (χ4v) is 5.28. The number of urea groups is 1. The summed E-state index contributed by atoms with van der Waals surface area (Å²) in [4.78, 5) is 33.1. The summed E-state index contributed by atoms with van der Waals surface area (Å²) >= 11 is 0. The number of nitrogens with two attached hydrogens (primary N) is 1. The lowest BCUT2D eigenvalue weighted by atomic mass is 10.1. The summed E-state index contributed by atoms with van der Waals surface area (Å²) in [5.74, 6) is -0.349. The number of benzene rings is 1. The van der Waals surface area contributed by atoms with E-state index in [4.69, 9.17) is 10.2 Å². The van der Waals surface area contributed by atoms with Gasteiger partial charge in [-0.15, -0.1) is 0 Å². The van der Waals surface area contributed by atoms with Gasteiger partial charge in [0.25, 0.3) is 5.91 Å². The Bertz CT molecular complexity index is 959. The number of nitrogens with zero attached hydrogens (tertiary/aromatic N) is 4. The second-order valence-electron chi connectivity index (χ2n) is 8.89. The van der Waals surface area contributed by atoms with Crippen molar-refractivity contribution in [3.8, 4) is 0 Å². The summed E-state index contributed by atoms with van der Waals surface area (Å²) in [6.45, 7) is 7.17. The highest BCUT2D eigenvalue weighted by molar-refractivity contribution is 5.99. The molecule has 5 rings (SSSR count). The van der Waals surface area contributed by atoms with E-state index in [2.05, 4.69) is 20.8 Å². The highest BCUT2D eigenvalue weighted by Crippen LogP contribution is 2.30. The number of piperazine rings is 1. The second-order valence-corrected chi connectivity index (χ2v) is 8.89. The van der Waals surface area contributed by atoms with E-state index in [1.165, 1.54) is 25.7 Å². The molecule has 8 heteroatoms. The average Bonchev–Trinajstić information content (AvgIpc) is 3.52. The van der Waals surface area contributed by atoms with E-state index in [9.17, 15) is 9.59 Å². The molecule has 2 N–H and O–H groups in total. The summed E-state index contributed by atoms with van der Waals surface area (Å²) in [6, 6.07) is 8.34. The Hall–Kier alpha value is -2.74. The van der Waals surface area contributed by atoms with Crippen molar-refractivity contribution in [2.75, 3.05) is 57.3 Å². The number of carbonyl (C=O) groups is 2. The fraction of sp³-hybridized carbons (Fsp3) is 0.565. The molecule has 3 amide bonds. The number of primary amides is 1. The normalized spacial score (nSPS) is 21.0. The van der Waals surface area contributed by atoms with Crippen LogP contribution in [0.5, 0.6) is 0 Å². The average molecular weight is 426 g/mol.